The molecule has 2 aliphatic rings. The lowest BCUT2D eigenvalue weighted by atomic mass is 9.66. The lowest BCUT2D eigenvalue weighted by Crippen LogP contribution is -2.62. The number of hydrogen-bond acceptors (Lipinski definition) is 3. The minimum absolute atomic E-state index is 0.0324. The molecule has 2 atom stereocenters. The third-order valence-electron chi connectivity index (χ3n) is 4.45. The van der Waals surface area contributed by atoms with Crippen LogP contribution in [0.3, 0.4) is 0 Å². The highest BCUT2D eigenvalue weighted by atomic mass is 16.7. The molecule has 0 amide bonds. The summed E-state index contributed by atoms with van der Waals surface area (Å²) in [5.74, 6) is 1.98. The molecule has 0 aromatic rings. The Balaban J connectivity index is 2.26. The van der Waals surface area contributed by atoms with Crippen molar-refractivity contribution in [3.63, 3.8) is 0 Å². The van der Waals surface area contributed by atoms with Gasteiger partial charge in [-0.15, -0.1) is 12.3 Å². The van der Waals surface area contributed by atoms with E-state index in [0.29, 0.717) is 19.6 Å². The van der Waals surface area contributed by atoms with Gasteiger partial charge in [0.1, 0.15) is 0 Å². The Hall–Kier alpha value is -0.560. The highest BCUT2D eigenvalue weighted by molar-refractivity contribution is 5.07. The number of rotatable bonds is 1. The van der Waals surface area contributed by atoms with Crippen molar-refractivity contribution in [2.75, 3.05) is 13.2 Å². The second-order valence-electron chi connectivity index (χ2n) is 6.70. The Morgan fingerprint density at radius 1 is 1.28 bits per heavy atom. The minimum atomic E-state index is -0.702. The minimum Gasteiger partial charge on any atom is -0.392 e. The van der Waals surface area contributed by atoms with Crippen LogP contribution in [0.25, 0.3) is 0 Å². The van der Waals surface area contributed by atoms with Crippen molar-refractivity contribution in [1.29, 1.82) is 0 Å². The van der Waals surface area contributed by atoms with Crippen LogP contribution in [0.2, 0.25) is 0 Å². The summed E-state index contributed by atoms with van der Waals surface area (Å²) in [5, 5.41) is 10.4. The molecule has 0 aromatic heterocycles. The van der Waals surface area contributed by atoms with Gasteiger partial charge in [0.2, 0.25) is 0 Å². The molecule has 1 saturated carbocycles. The van der Waals surface area contributed by atoms with Crippen LogP contribution in [-0.2, 0) is 9.47 Å². The van der Waals surface area contributed by atoms with E-state index in [1.54, 1.807) is 0 Å². The maximum Gasteiger partial charge on any atom is 0.176 e. The summed E-state index contributed by atoms with van der Waals surface area (Å²) in [6.45, 7) is 7.55. The van der Waals surface area contributed by atoms with Gasteiger partial charge in [0.05, 0.1) is 24.7 Å². The van der Waals surface area contributed by atoms with E-state index >= 15 is 0 Å². The number of terminal acetylenes is 1. The van der Waals surface area contributed by atoms with Crippen LogP contribution in [0.4, 0.5) is 0 Å². The zero-order valence-electron chi connectivity index (χ0n) is 11.7. The second kappa shape index (κ2) is 4.52. The third-order valence-corrected chi connectivity index (χ3v) is 4.45. The van der Waals surface area contributed by atoms with E-state index in [4.69, 9.17) is 15.9 Å². The maximum absolute atomic E-state index is 10.4. The average molecular weight is 252 g/mol. The molecule has 1 heterocycles. The smallest absolute Gasteiger partial charge is 0.176 e. The van der Waals surface area contributed by atoms with E-state index in [1.165, 1.54) is 0 Å². The molecule has 0 radical (unpaired) electrons. The third kappa shape index (κ3) is 2.07. The standard InChI is InChI=1S/C15H24O3/c1-5-8-14(4)12(16)7-6-9-15(14)17-10-13(2,3)11-18-15/h1,12,16H,6-11H2,2-4H3/t12-,14+/m0/s1. The fourth-order valence-corrected chi connectivity index (χ4v) is 3.03. The van der Waals surface area contributed by atoms with Crippen LogP contribution in [0, 0.1) is 23.2 Å². The monoisotopic (exact) mass is 252 g/mol. The summed E-state index contributed by atoms with van der Waals surface area (Å²) in [6, 6.07) is 0. The predicted octanol–water partition coefficient (Wildman–Crippen LogP) is 2.33. The molecule has 0 unspecified atom stereocenters. The Morgan fingerprint density at radius 3 is 2.44 bits per heavy atom. The fraction of sp³-hybridized carbons (Fsp3) is 0.867. The Bertz CT molecular complexity index is 345. The molecule has 1 spiro atoms. The van der Waals surface area contributed by atoms with Crippen LogP contribution in [-0.4, -0.2) is 30.2 Å². The summed E-state index contributed by atoms with van der Waals surface area (Å²) in [5.41, 5.74) is -0.471. The van der Waals surface area contributed by atoms with Gasteiger partial charge in [-0.1, -0.05) is 20.8 Å². The first-order chi connectivity index (χ1) is 8.35. The number of hydrogen-bond donors (Lipinski definition) is 1. The first kappa shape index (κ1) is 13.9. The van der Waals surface area contributed by atoms with E-state index in [9.17, 15) is 5.11 Å². The van der Waals surface area contributed by atoms with Gasteiger partial charge in [-0.2, -0.15) is 0 Å². The zero-order chi connectivity index (χ0) is 13.4. The molecule has 1 N–H and O–H groups in total. The predicted molar refractivity (Wildman–Crippen MR) is 69.8 cm³/mol. The summed E-state index contributed by atoms with van der Waals surface area (Å²) in [7, 11) is 0. The van der Waals surface area contributed by atoms with Crippen LogP contribution in [0.5, 0.6) is 0 Å². The largest absolute Gasteiger partial charge is 0.392 e. The average Bonchev–Trinajstić information content (AvgIpc) is 2.30. The molecule has 3 nitrogen and oxygen atoms in total. The summed E-state index contributed by atoms with van der Waals surface area (Å²) >= 11 is 0. The summed E-state index contributed by atoms with van der Waals surface area (Å²) < 4.78 is 12.2. The topological polar surface area (TPSA) is 38.7 Å². The Labute approximate surface area is 110 Å². The van der Waals surface area contributed by atoms with Crippen LogP contribution < -0.4 is 0 Å². The van der Waals surface area contributed by atoms with Gasteiger partial charge in [0, 0.05) is 18.3 Å². The SMILES string of the molecule is C#CC[C@]1(C)[C@@H](O)CCCC12OCC(C)(C)CO2. The fourth-order valence-electron chi connectivity index (χ4n) is 3.03. The van der Waals surface area contributed by atoms with Crippen molar-refractivity contribution in [1.82, 2.24) is 0 Å². The summed E-state index contributed by atoms with van der Waals surface area (Å²) in [6.07, 6.45) is 8.01. The highest BCUT2D eigenvalue weighted by Gasteiger charge is 2.58. The van der Waals surface area contributed by atoms with E-state index in [0.717, 1.165) is 19.3 Å². The number of aliphatic hydroxyl groups excluding tert-OH is 1. The molecule has 1 saturated heterocycles. The van der Waals surface area contributed by atoms with E-state index in [1.807, 2.05) is 6.92 Å². The van der Waals surface area contributed by atoms with Gasteiger partial charge in [-0.25, -0.2) is 0 Å². The van der Waals surface area contributed by atoms with Crippen LogP contribution in [0.15, 0.2) is 0 Å². The van der Waals surface area contributed by atoms with E-state index in [2.05, 4.69) is 19.8 Å². The second-order valence-corrected chi connectivity index (χ2v) is 6.70. The van der Waals surface area contributed by atoms with Gasteiger partial charge in [0.15, 0.2) is 5.79 Å². The van der Waals surface area contributed by atoms with Gasteiger partial charge < -0.3 is 14.6 Å². The normalized spacial score (nSPS) is 38.3. The van der Waals surface area contributed by atoms with Crippen molar-refractivity contribution in [3.05, 3.63) is 0 Å². The quantitative estimate of drug-likeness (QED) is 0.728. The molecule has 2 rings (SSSR count). The van der Waals surface area contributed by atoms with Crippen molar-refractivity contribution in [2.45, 2.75) is 58.3 Å². The Morgan fingerprint density at radius 2 is 1.89 bits per heavy atom. The zero-order valence-corrected chi connectivity index (χ0v) is 11.7. The van der Waals surface area contributed by atoms with Crippen LogP contribution in [0.1, 0.15) is 46.5 Å². The van der Waals surface area contributed by atoms with E-state index in [-0.39, 0.29) is 5.41 Å². The highest BCUT2D eigenvalue weighted by Crippen LogP contribution is 2.52. The van der Waals surface area contributed by atoms with Crippen molar-refractivity contribution in [3.8, 4) is 12.3 Å². The van der Waals surface area contributed by atoms with Crippen molar-refractivity contribution in [2.24, 2.45) is 10.8 Å². The number of ether oxygens (including phenoxy) is 2. The lowest BCUT2D eigenvalue weighted by molar-refractivity contribution is -0.369. The summed E-state index contributed by atoms with van der Waals surface area (Å²) in [4.78, 5) is 0. The molecule has 1 aliphatic heterocycles. The molecule has 18 heavy (non-hydrogen) atoms. The van der Waals surface area contributed by atoms with Crippen LogP contribution >= 0.6 is 0 Å². The first-order valence-corrected chi connectivity index (χ1v) is 6.75. The lowest BCUT2D eigenvalue weighted by Gasteiger charge is -2.56. The molecule has 102 valence electrons. The molecular formula is C15H24O3. The maximum atomic E-state index is 10.4. The van der Waals surface area contributed by atoms with Gasteiger partial charge >= 0.3 is 0 Å². The number of aliphatic hydroxyl groups is 1. The molecular weight excluding hydrogens is 228 g/mol. The van der Waals surface area contributed by atoms with Gasteiger partial charge in [-0.05, 0) is 12.8 Å². The molecule has 1 aliphatic carbocycles. The van der Waals surface area contributed by atoms with Crippen molar-refractivity contribution < 1.29 is 14.6 Å². The Kier molecular flexibility index (Phi) is 3.48. The molecule has 2 fully saturated rings. The van der Waals surface area contributed by atoms with Gasteiger partial charge in [0.25, 0.3) is 0 Å². The molecule has 3 heteroatoms. The van der Waals surface area contributed by atoms with Gasteiger partial charge in [-0.3, -0.25) is 0 Å². The first-order valence-electron chi connectivity index (χ1n) is 6.75. The molecule has 0 bridgehead atoms. The van der Waals surface area contributed by atoms with Crippen molar-refractivity contribution >= 4 is 0 Å². The van der Waals surface area contributed by atoms with E-state index < -0.39 is 17.3 Å². The molecule has 0 aromatic carbocycles.